The molecule has 0 radical (unpaired) electrons. The highest BCUT2D eigenvalue weighted by Crippen LogP contribution is 2.17. The van der Waals surface area contributed by atoms with Crippen LogP contribution in [0.25, 0.3) is 10.9 Å². The fourth-order valence-corrected chi connectivity index (χ4v) is 1.36. The molecule has 2 rings (SSSR count). The topological polar surface area (TPSA) is 43.8 Å². The van der Waals surface area contributed by atoms with E-state index in [1.54, 1.807) is 24.4 Å². The summed E-state index contributed by atoms with van der Waals surface area (Å²) >= 11 is 0. The Balaban J connectivity index is 2.50. The van der Waals surface area contributed by atoms with E-state index in [1.807, 2.05) is 0 Å². The molecule has 0 amide bonds. The molecule has 2 N–H and O–H groups in total. The number of halogens is 2. The van der Waals surface area contributed by atoms with E-state index in [9.17, 15) is 8.78 Å². The smallest absolute Gasteiger partial charge is 0.257 e. The monoisotopic (exact) mass is 197 g/mol. The number of benzene rings is 1. The van der Waals surface area contributed by atoms with Gasteiger partial charge in [-0.25, -0.2) is 8.78 Å². The van der Waals surface area contributed by atoms with Crippen molar-refractivity contribution in [3.8, 4) is 0 Å². The third-order valence-corrected chi connectivity index (χ3v) is 1.98. The zero-order chi connectivity index (χ0) is 10.1. The molecular formula is C9H9F2N3. The van der Waals surface area contributed by atoms with Crippen molar-refractivity contribution in [1.82, 2.24) is 9.78 Å². The molecule has 0 bridgehead atoms. The predicted molar refractivity (Wildman–Crippen MR) is 50.1 cm³/mol. The van der Waals surface area contributed by atoms with Crippen LogP contribution in [0.4, 0.5) is 14.5 Å². The first-order chi connectivity index (χ1) is 6.66. The minimum atomic E-state index is -2.40. The fourth-order valence-electron chi connectivity index (χ4n) is 1.36. The van der Waals surface area contributed by atoms with E-state index in [0.717, 1.165) is 5.39 Å². The van der Waals surface area contributed by atoms with E-state index in [1.165, 1.54) is 4.68 Å². The summed E-state index contributed by atoms with van der Waals surface area (Å²) < 4.78 is 25.5. The third-order valence-electron chi connectivity index (χ3n) is 1.98. The second kappa shape index (κ2) is 3.25. The Morgan fingerprint density at radius 2 is 2.21 bits per heavy atom. The summed E-state index contributed by atoms with van der Waals surface area (Å²) in [4.78, 5) is 0. The summed E-state index contributed by atoms with van der Waals surface area (Å²) in [6, 6.07) is 5.13. The van der Waals surface area contributed by atoms with Gasteiger partial charge in [0.2, 0.25) is 0 Å². The summed E-state index contributed by atoms with van der Waals surface area (Å²) in [5.74, 6) is 0. The SMILES string of the molecule is Nc1ccc2cnn(CC(F)F)c2c1. The first kappa shape index (κ1) is 8.93. The highest BCUT2D eigenvalue weighted by Gasteiger charge is 2.08. The molecule has 0 aliphatic heterocycles. The maximum atomic E-state index is 12.1. The molecule has 3 nitrogen and oxygen atoms in total. The van der Waals surface area contributed by atoms with Gasteiger partial charge in [0.05, 0.1) is 11.7 Å². The molecule has 0 aliphatic carbocycles. The predicted octanol–water partition coefficient (Wildman–Crippen LogP) is 1.88. The Morgan fingerprint density at radius 3 is 2.93 bits per heavy atom. The Kier molecular flexibility index (Phi) is 2.07. The van der Waals surface area contributed by atoms with Crippen LogP contribution in [-0.4, -0.2) is 16.2 Å². The lowest BCUT2D eigenvalue weighted by Crippen LogP contribution is -2.07. The Hall–Kier alpha value is -1.65. The van der Waals surface area contributed by atoms with Gasteiger partial charge in [-0.2, -0.15) is 5.10 Å². The second-order valence-electron chi connectivity index (χ2n) is 3.04. The minimum Gasteiger partial charge on any atom is -0.399 e. The van der Waals surface area contributed by atoms with Crippen LogP contribution in [0.5, 0.6) is 0 Å². The quantitative estimate of drug-likeness (QED) is 0.747. The number of alkyl halides is 2. The van der Waals surface area contributed by atoms with E-state index < -0.39 is 13.0 Å². The average molecular weight is 197 g/mol. The number of nitrogens with zero attached hydrogens (tertiary/aromatic N) is 2. The van der Waals surface area contributed by atoms with Crippen molar-refractivity contribution in [3.05, 3.63) is 24.4 Å². The molecule has 1 heterocycles. The van der Waals surface area contributed by atoms with Crippen molar-refractivity contribution in [2.45, 2.75) is 13.0 Å². The summed E-state index contributed by atoms with van der Waals surface area (Å²) in [6.07, 6.45) is -0.850. The number of hydrogen-bond donors (Lipinski definition) is 1. The Morgan fingerprint density at radius 1 is 1.43 bits per heavy atom. The molecule has 0 saturated heterocycles. The van der Waals surface area contributed by atoms with Crippen LogP contribution in [0.3, 0.4) is 0 Å². The average Bonchev–Trinajstić information content (AvgIpc) is 2.47. The maximum Gasteiger partial charge on any atom is 0.257 e. The van der Waals surface area contributed by atoms with Crippen molar-refractivity contribution in [2.24, 2.45) is 0 Å². The van der Waals surface area contributed by atoms with Gasteiger partial charge in [0.1, 0.15) is 6.54 Å². The van der Waals surface area contributed by atoms with Crippen molar-refractivity contribution >= 4 is 16.6 Å². The molecular weight excluding hydrogens is 188 g/mol. The number of rotatable bonds is 2. The first-order valence-electron chi connectivity index (χ1n) is 4.16. The number of fused-ring (bicyclic) bond motifs is 1. The number of aromatic nitrogens is 2. The number of nitrogen functional groups attached to an aromatic ring is 1. The molecule has 0 spiro atoms. The van der Waals surface area contributed by atoms with Crippen molar-refractivity contribution in [1.29, 1.82) is 0 Å². The molecule has 1 aromatic carbocycles. The lowest BCUT2D eigenvalue weighted by molar-refractivity contribution is 0.123. The number of hydrogen-bond acceptors (Lipinski definition) is 2. The normalized spacial score (nSPS) is 11.4. The molecule has 0 aliphatic rings. The maximum absolute atomic E-state index is 12.1. The lowest BCUT2D eigenvalue weighted by Gasteiger charge is -2.02. The second-order valence-corrected chi connectivity index (χ2v) is 3.04. The number of nitrogens with two attached hydrogens (primary N) is 1. The van der Waals surface area contributed by atoms with Crippen LogP contribution in [0, 0.1) is 0 Å². The van der Waals surface area contributed by atoms with Crippen LogP contribution >= 0.6 is 0 Å². The fraction of sp³-hybridized carbons (Fsp3) is 0.222. The summed E-state index contributed by atoms with van der Waals surface area (Å²) in [7, 11) is 0. The highest BCUT2D eigenvalue weighted by molar-refractivity contribution is 5.81. The zero-order valence-corrected chi connectivity index (χ0v) is 7.32. The third kappa shape index (κ3) is 1.53. The molecule has 5 heteroatoms. The molecule has 14 heavy (non-hydrogen) atoms. The minimum absolute atomic E-state index is 0.396. The van der Waals surface area contributed by atoms with Crippen LogP contribution in [0.15, 0.2) is 24.4 Å². The summed E-state index contributed by atoms with van der Waals surface area (Å²) in [5, 5.41) is 4.68. The van der Waals surface area contributed by atoms with E-state index in [2.05, 4.69) is 5.10 Å². The molecule has 0 saturated carbocycles. The van der Waals surface area contributed by atoms with Crippen molar-refractivity contribution in [2.75, 3.05) is 5.73 Å². The Labute approximate surface area is 79.1 Å². The largest absolute Gasteiger partial charge is 0.399 e. The molecule has 74 valence electrons. The molecule has 1 aromatic heterocycles. The Bertz CT molecular complexity index is 450. The van der Waals surface area contributed by atoms with Crippen LogP contribution in [-0.2, 0) is 6.54 Å². The van der Waals surface area contributed by atoms with Gasteiger partial charge in [-0.15, -0.1) is 0 Å². The van der Waals surface area contributed by atoms with E-state index in [0.29, 0.717) is 11.2 Å². The highest BCUT2D eigenvalue weighted by atomic mass is 19.3. The first-order valence-corrected chi connectivity index (χ1v) is 4.16. The lowest BCUT2D eigenvalue weighted by atomic mass is 10.2. The van der Waals surface area contributed by atoms with E-state index in [-0.39, 0.29) is 0 Å². The van der Waals surface area contributed by atoms with Gasteiger partial charge in [0.25, 0.3) is 6.43 Å². The van der Waals surface area contributed by atoms with Gasteiger partial charge in [0, 0.05) is 11.1 Å². The molecule has 0 fully saturated rings. The van der Waals surface area contributed by atoms with Gasteiger partial charge >= 0.3 is 0 Å². The van der Waals surface area contributed by atoms with Crippen molar-refractivity contribution in [3.63, 3.8) is 0 Å². The zero-order valence-electron chi connectivity index (χ0n) is 7.32. The van der Waals surface area contributed by atoms with Crippen LogP contribution < -0.4 is 5.73 Å². The van der Waals surface area contributed by atoms with Gasteiger partial charge in [0.15, 0.2) is 0 Å². The van der Waals surface area contributed by atoms with Gasteiger partial charge in [-0.3, -0.25) is 4.68 Å². The van der Waals surface area contributed by atoms with Gasteiger partial charge in [-0.05, 0) is 18.2 Å². The number of anilines is 1. The summed E-state index contributed by atoms with van der Waals surface area (Å²) in [6.45, 7) is -0.396. The summed E-state index contributed by atoms with van der Waals surface area (Å²) in [5.41, 5.74) is 6.75. The standard InChI is InChI=1S/C9H9F2N3/c10-9(11)5-14-8-3-7(12)2-1-6(8)4-13-14/h1-4,9H,5,12H2. The van der Waals surface area contributed by atoms with E-state index in [4.69, 9.17) is 5.73 Å². The molecule has 0 unspecified atom stereocenters. The van der Waals surface area contributed by atoms with Gasteiger partial charge in [-0.1, -0.05) is 0 Å². The molecule has 2 aromatic rings. The van der Waals surface area contributed by atoms with Crippen molar-refractivity contribution < 1.29 is 8.78 Å². The molecule has 0 atom stereocenters. The van der Waals surface area contributed by atoms with Gasteiger partial charge < -0.3 is 5.73 Å². The van der Waals surface area contributed by atoms with Crippen LogP contribution in [0.2, 0.25) is 0 Å². The van der Waals surface area contributed by atoms with E-state index >= 15 is 0 Å². The van der Waals surface area contributed by atoms with Crippen LogP contribution in [0.1, 0.15) is 0 Å².